The SMILES string of the molecule is Nc1cccc(S(=O)(=O)[O-])c1.Nc1cccc(S(=O)(=O)[O-])c1.[Ca+2]. The quantitative estimate of drug-likeness (QED) is 0.413. The van der Waals surface area contributed by atoms with Gasteiger partial charge in [0.2, 0.25) is 0 Å². The minimum atomic E-state index is -4.36. The molecule has 120 valence electrons. The van der Waals surface area contributed by atoms with Crippen LogP contribution in [0.15, 0.2) is 58.3 Å². The third kappa shape index (κ3) is 7.97. The third-order valence-electron chi connectivity index (χ3n) is 2.29. The van der Waals surface area contributed by atoms with E-state index in [1.54, 1.807) is 0 Å². The second-order valence-corrected chi connectivity index (χ2v) is 6.81. The summed E-state index contributed by atoms with van der Waals surface area (Å²) in [5.41, 5.74) is 11.0. The van der Waals surface area contributed by atoms with Crippen LogP contribution < -0.4 is 11.5 Å². The molecule has 0 aliphatic carbocycles. The van der Waals surface area contributed by atoms with E-state index < -0.39 is 20.2 Å². The largest absolute Gasteiger partial charge is 2.00 e. The van der Waals surface area contributed by atoms with Crippen molar-refractivity contribution in [2.24, 2.45) is 0 Å². The van der Waals surface area contributed by atoms with E-state index in [0.717, 1.165) is 12.1 Å². The van der Waals surface area contributed by atoms with Crippen LogP contribution in [0.1, 0.15) is 0 Å². The normalized spacial score (nSPS) is 10.9. The Morgan fingerprint density at radius 2 is 1.00 bits per heavy atom. The van der Waals surface area contributed by atoms with E-state index in [0.29, 0.717) is 0 Å². The van der Waals surface area contributed by atoms with Gasteiger partial charge in [-0.25, -0.2) is 16.8 Å². The molecule has 0 aromatic heterocycles. The van der Waals surface area contributed by atoms with E-state index >= 15 is 0 Å². The van der Waals surface area contributed by atoms with Crippen LogP contribution in [0.25, 0.3) is 0 Å². The van der Waals surface area contributed by atoms with Crippen molar-refractivity contribution >= 4 is 69.3 Å². The van der Waals surface area contributed by atoms with Crippen LogP contribution in [-0.2, 0) is 20.2 Å². The summed E-state index contributed by atoms with van der Waals surface area (Å²) in [4.78, 5) is -0.588. The zero-order valence-electron chi connectivity index (χ0n) is 11.7. The molecule has 0 spiro atoms. The summed E-state index contributed by atoms with van der Waals surface area (Å²) in [6.45, 7) is 0. The number of anilines is 2. The topological polar surface area (TPSA) is 166 Å². The molecule has 2 aromatic rings. The van der Waals surface area contributed by atoms with Gasteiger partial charge in [0.25, 0.3) is 0 Å². The molecule has 0 aliphatic heterocycles. The molecule has 0 aliphatic rings. The average Bonchev–Trinajstić information content (AvgIpc) is 2.37. The van der Waals surface area contributed by atoms with Crippen LogP contribution in [-0.4, -0.2) is 63.7 Å². The molecule has 0 fully saturated rings. The van der Waals surface area contributed by atoms with Gasteiger partial charge in [-0.05, 0) is 36.4 Å². The summed E-state index contributed by atoms with van der Waals surface area (Å²) >= 11 is 0. The number of nitrogen functional groups attached to an aromatic ring is 2. The number of nitrogens with two attached hydrogens (primary N) is 2. The first-order valence-electron chi connectivity index (χ1n) is 5.63. The molecule has 0 bridgehead atoms. The Morgan fingerprint density at radius 1 is 0.696 bits per heavy atom. The van der Waals surface area contributed by atoms with Gasteiger partial charge < -0.3 is 20.6 Å². The Labute approximate surface area is 164 Å². The molecule has 0 unspecified atom stereocenters. The van der Waals surface area contributed by atoms with Crippen molar-refractivity contribution < 1.29 is 25.9 Å². The molecule has 0 amide bonds. The molecular formula is C12H12CaN2O6S2. The molecule has 4 N–H and O–H groups in total. The monoisotopic (exact) mass is 384 g/mol. The Balaban J connectivity index is 0.000000403. The summed E-state index contributed by atoms with van der Waals surface area (Å²) in [5, 5.41) is 0. The van der Waals surface area contributed by atoms with Gasteiger partial charge in [-0.1, -0.05) is 12.1 Å². The summed E-state index contributed by atoms with van der Waals surface area (Å²) in [7, 11) is -8.71. The molecule has 0 saturated carbocycles. The molecule has 0 heterocycles. The first kappa shape index (κ1) is 22.1. The standard InChI is InChI=1S/2C6H7NO3S.Ca/c2*7-5-2-1-3-6(4-5)11(8,9)10;/h2*1-4H,7H2,(H,8,9,10);/q;;+2/p-2. The Morgan fingerprint density at radius 3 is 1.17 bits per heavy atom. The molecular weight excluding hydrogens is 372 g/mol. The Kier molecular flexibility index (Phi) is 8.49. The van der Waals surface area contributed by atoms with E-state index in [4.69, 9.17) is 11.5 Å². The average molecular weight is 384 g/mol. The third-order valence-corrected chi connectivity index (χ3v) is 3.96. The van der Waals surface area contributed by atoms with Gasteiger partial charge in [0.15, 0.2) is 0 Å². The molecule has 2 aromatic carbocycles. The van der Waals surface area contributed by atoms with Gasteiger partial charge in [0, 0.05) is 11.4 Å². The van der Waals surface area contributed by atoms with E-state index in [1.165, 1.54) is 36.4 Å². The maximum absolute atomic E-state index is 10.4. The number of hydrogen-bond acceptors (Lipinski definition) is 8. The van der Waals surface area contributed by atoms with Crippen molar-refractivity contribution in [1.82, 2.24) is 0 Å². The molecule has 0 radical (unpaired) electrons. The van der Waals surface area contributed by atoms with Gasteiger partial charge in [0.1, 0.15) is 20.2 Å². The minimum absolute atomic E-state index is 0. The number of rotatable bonds is 2. The smallest absolute Gasteiger partial charge is 0.744 e. The van der Waals surface area contributed by atoms with Gasteiger partial charge >= 0.3 is 37.7 Å². The van der Waals surface area contributed by atoms with Gasteiger partial charge in [0.05, 0.1) is 9.79 Å². The summed E-state index contributed by atoms with van der Waals surface area (Å²) in [6.07, 6.45) is 0. The van der Waals surface area contributed by atoms with Crippen molar-refractivity contribution in [2.75, 3.05) is 11.5 Å². The zero-order valence-corrected chi connectivity index (χ0v) is 15.6. The number of benzene rings is 2. The summed E-state index contributed by atoms with van der Waals surface area (Å²) in [6, 6.07) is 10.5. The van der Waals surface area contributed by atoms with E-state index in [-0.39, 0.29) is 58.9 Å². The molecule has 0 saturated heterocycles. The van der Waals surface area contributed by atoms with Crippen molar-refractivity contribution in [3.05, 3.63) is 48.5 Å². The van der Waals surface area contributed by atoms with Crippen LogP contribution in [0.5, 0.6) is 0 Å². The van der Waals surface area contributed by atoms with Crippen LogP contribution in [0.4, 0.5) is 11.4 Å². The molecule has 2 rings (SSSR count). The van der Waals surface area contributed by atoms with Crippen molar-refractivity contribution in [2.45, 2.75) is 9.79 Å². The fraction of sp³-hybridized carbons (Fsp3) is 0. The molecule has 0 atom stereocenters. The van der Waals surface area contributed by atoms with E-state index in [9.17, 15) is 25.9 Å². The predicted molar refractivity (Wildman–Crippen MR) is 83.4 cm³/mol. The summed E-state index contributed by atoms with van der Waals surface area (Å²) in [5.74, 6) is 0. The van der Waals surface area contributed by atoms with Gasteiger partial charge in [-0.3, -0.25) is 0 Å². The van der Waals surface area contributed by atoms with Crippen LogP contribution in [0.3, 0.4) is 0 Å². The zero-order chi connectivity index (χ0) is 17.0. The van der Waals surface area contributed by atoms with Crippen molar-refractivity contribution in [3.8, 4) is 0 Å². The Hall–Kier alpha value is -0.880. The fourth-order valence-corrected chi connectivity index (χ4v) is 2.39. The number of hydrogen-bond donors (Lipinski definition) is 2. The van der Waals surface area contributed by atoms with E-state index in [2.05, 4.69) is 0 Å². The maximum Gasteiger partial charge on any atom is 2.00 e. The van der Waals surface area contributed by atoms with Gasteiger partial charge in [-0.2, -0.15) is 0 Å². The minimum Gasteiger partial charge on any atom is -0.744 e. The van der Waals surface area contributed by atoms with Crippen molar-refractivity contribution in [3.63, 3.8) is 0 Å². The van der Waals surface area contributed by atoms with Crippen molar-refractivity contribution in [1.29, 1.82) is 0 Å². The first-order chi connectivity index (χ1) is 10.00. The second-order valence-electron chi connectivity index (χ2n) is 4.05. The van der Waals surface area contributed by atoms with Crippen LogP contribution in [0.2, 0.25) is 0 Å². The molecule has 11 heteroatoms. The van der Waals surface area contributed by atoms with E-state index in [1.807, 2.05) is 0 Å². The second kappa shape index (κ2) is 8.83. The molecule has 8 nitrogen and oxygen atoms in total. The fourth-order valence-electron chi connectivity index (χ4n) is 1.34. The summed E-state index contributed by atoms with van der Waals surface area (Å²) < 4.78 is 62.2. The first-order valence-corrected chi connectivity index (χ1v) is 8.44. The van der Waals surface area contributed by atoms with Crippen LogP contribution >= 0.6 is 0 Å². The Bertz CT molecular complexity index is 795. The van der Waals surface area contributed by atoms with Gasteiger partial charge in [-0.15, -0.1) is 0 Å². The molecule has 23 heavy (non-hydrogen) atoms. The van der Waals surface area contributed by atoms with Crippen LogP contribution in [0, 0.1) is 0 Å². The maximum atomic E-state index is 10.4. The predicted octanol–water partition coefficient (Wildman–Crippen LogP) is -0.0350.